The number of hydrogen-bond donors (Lipinski definition) is 2. The lowest BCUT2D eigenvalue weighted by Crippen LogP contribution is -2.20. The zero-order valence-electron chi connectivity index (χ0n) is 18.0. The number of halogens is 1. The van der Waals surface area contributed by atoms with E-state index in [4.69, 9.17) is 17.0 Å². The molecule has 2 heterocycles. The molecule has 2 aromatic carbocycles. The van der Waals surface area contributed by atoms with E-state index < -0.39 is 5.97 Å². The Morgan fingerprint density at radius 2 is 1.85 bits per heavy atom. The highest BCUT2D eigenvalue weighted by atomic mass is 32.1. The molecule has 168 valence electrons. The summed E-state index contributed by atoms with van der Waals surface area (Å²) in [6, 6.07) is 17.7. The number of ether oxygens (including phenoxy) is 1. The van der Waals surface area contributed by atoms with Crippen LogP contribution in [0.1, 0.15) is 20.8 Å². The first-order valence-electron chi connectivity index (χ1n) is 10.1. The second kappa shape index (κ2) is 9.93. The minimum Gasteiger partial charge on any atom is -0.465 e. The van der Waals surface area contributed by atoms with Gasteiger partial charge in [-0.25, -0.2) is 9.18 Å². The molecule has 0 radical (unpaired) electrons. The van der Waals surface area contributed by atoms with Crippen LogP contribution >= 0.6 is 23.6 Å². The predicted octanol–water partition coefficient (Wildman–Crippen LogP) is 5.70. The van der Waals surface area contributed by atoms with Crippen molar-refractivity contribution in [3.8, 4) is 11.1 Å². The second-order valence-electron chi connectivity index (χ2n) is 7.20. The van der Waals surface area contributed by atoms with Crippen LogP contribution < -0.4 is 10.6 Å². The van der Waals surface area contributed by atoms with E-state index in [0.717, 1.165) is 21.6 Å². The van der Waals surface area contributed by atoms with Crippen LogP contribution in [0.15, 0.2) is 66.9 Å². The molecule has 4 rings (SSSR count). The number of benzene rings is 2. The van der Waals surface area contributed by atoms with Gasteiger partial charge in [0.25, 0.3) is 0 Å². The molecule has 0 bridgehead atoms. The summed E-state index contributed by atoms with van der Waals surface area (Å²) in [5.41, 5.74) is 3.12. The van der Waals surface area contributed by atoms with Crippen LogP contribution in [0.3, 0.4) is 0 Å². The molecule has 0 aliphatic rings. The van der Waals surface area contributed by atoms with Crippen molar-refractivity contribution in [3.63, 3.8) is 0 Å². The summed E-state index contributed by atoms with van der Waals surface area (Å²) in [5.74, 6) is -0.165. The number of esters is 1. The summed E-state index contributed by atoms with van der Waals surface area (Å²) in [6.45, 7) is 2.46. The predicted molar refractivity (Wildman–Crippen MR) is 133 cm³/mol. The average Bonchev–Trinajstić information content (AvgIpc) is 3.38. The molecule has 9 heteroatoms. The Labute approximate surface area is 200 Å². The third kappa shape index (κ3) is 5.27. The fraction of sp³-hybridized carbons (Fsp3) is 0.125. The largest absolute Gasteiger partial charge is 0.465 e. The summed E-state index contributed by atoms with van der Waals surface area (Å²) < 4.78 is 19.9. The van der Waals surface area contributed by atoms with Crippen LogP contribution in [0, 0.1) is 12.7 Å². The minimum atomic E-state index is -0.438. The van der Waals surface area contributed by atoms with Crippen molar-refractivity contribution < 1.29 is 13.9 Å². The maximum absolute atomic E-state index is 13.1. The number of nitrogens with zero attached hydrogens (tertiary/aromatic N) is 2. The van der Waals surface area contributed by atoms with Crippen molar-refractivity contribution in [2.24, 2.45) is 0 Å². The summed E-state index contributed by atoms with van der Waals surface area (Å²) >= 11 is 6.90. The van der Waals surface area contributed by atoms with Crippen LogP contribution in [0.25, 0.3) is 11.1 Å². The number of rotatable bonds is 6. The molecule has 4 aromatic rings. The quantitative estimate of drug-likeness (QED) is 0.272. The van der Waals surface area contributed by atoms with Gasteiger partial charge in [-0.1, -0.05) is 42.5 Å². The van der Waals surface area contributed by atoms with Gasteiger partial charge in [-0.2, -0.15) is 5.10 Å². The number of methoxy groups -OCH3 is 1. The molecule has 0 saturated heterocycles. The zero-order valence-corrected chi connectivity index (χ0v) is 19.6. The van der Waals surface area contributed by atoms with Gasteiger partial charge < -0.3 is 15.4 Å². The molecule has 33 heavy (non-hydrogen) atoms. The van der Waals surface area contributed by atoms with Gasteiger partial charge in [0.1, 0.15) is 16.4 Å². The first kappa shape index (κ1) is 22.6. The Morgan fingerprint density at radius 1 is 1.12 bits per heavy atom. The average molecular weight is 481 g/mol. The van der Waals surface area contributed by atoms with Gasteiger partial charge >= 0.3 is 5.97 Å². The molecule has 0 unspecified atom stereocenters. The van der Waals surface area contributed by atoms with Crippen LogP contribution in [-0.4, -0.2) is 28.0 Å². The van der Waals surface area contributed by atoms with E-state index in [1.54, 1.807) is 29.1 Å². The molecule has 0 fully saturated rings. The smallest absolute Gasteiger partial charge is 0.341 e. The number of nitrogens with one attached hydrogen (secondary N) is 2. The molecule has 0 aliphatic carbocycles. The number of thiocarbonyl (C=S) groups is 1. The van der Waals surface area contributed by atoms with Gasteiger partial charge in [0, 0.05) is 22.7 Å². The highest BCUT2D eigenvalue weighted by Crippen LogP contribution is 2.40. The molecule has 0 spiro atoms. The highest BCUT2D eigenvalue weighted by Gasteiger charge is 2.24. The van der Waals surface area contributed by atoms with Crippen LogP contribution in [0.4, 0.5) is 15.2 Å². The number of aromatic nitrogens is 2. The van der Waals surface area contributed by atoms with Crippen molar-refractivity contribution >= 4 is 45.5 Å². The standard InChI is InChI=1S/C24H21FN4O2S2/c1-15-20(17-6-4-3-5-7-17)21(23(30)31-2)22(33-15)27-24(32)26-19-12-13-29(28-19)14-16-8-10-18(25)11-9-16/h3-13H,14H2,1-2H3,(H2,26,27,28,32). The van der Waals surface area contributed by atoms with Gasteiger partial charge in [-0.3, -0.25) is 4.68 Å². The summed E-state index contributed by atoms with van der Waals surface area (Å²) in [4.78, 5) is 13.6. The van der Waals surface area contributed by atoms with E-state index in [-0.39, 0.29) is 5.82 Å². The summed E-state index contributed by atoms with van der Waals surface area (Å²) in [7, 11) is 1.36. The van der Waals surface area contributed by atoms with Crippen molar-refractivity contribution in [1.29, 1.82) is 0 Å². The SMILES string of the molecule is COC(=O)c1c(NC(=S)Nc2ccn(Cc3ccc(F)cc3)n2)sc(C)c1-c1ccccc1. The zero-order chi connectivity index (χ0) is 23.4. The molecular weight excluding hydrogens is 459 g/mol. The maximum Gasteiger partial charge on any atom is 0.341 e. The lowest BCUT2D eigenvalue weighted by molar-refractivity contribution is 0.0603. The van der Waals surface area contributed by atoms with E-state index in [2.05, 4.69) is 15.7 Å². The molecule has 0 amide bonds. The van der Waals surface area contributed by atoms with E-state index in [0.29, 0.717) is 28.0 Å². The van der Waals surface area contributed by atoms with E-state index in [9.17, 15) is 9.18 Å². The molecular formula is C24H21FN4O2S2. The van der Waals surface area contributed by atoms with Gasteiger partial charge in [-0.05, 0) is 42.4 Å². The van der Waals surface area contributed by atoms with Crippen molar-refractivity contribution in [1.82, 2.24) is 9.78 Å². The van der Waals surface area contributed by atoms with Gasteiger partial charge in [0.05, 0.1) is 13.7 Å². The van der Waals surface area contributed by atoms with Gasteiger partial charge in [-0.15, -0.1) is 11.3 Å². The first-order valence-corrected chi connectivity index (χ1v) is 11.3. The Kier molecular flexibility index (Phi) is 6.81. The topological polar surface area (TPSA) is 68.2 Å². The number of thiophene rings is 1. The first-order chi connectivity index (χ1) is 15.9. The fourth-order valence-electron chi connectivity index (χ4n) is 3.43. The third-order valence-corrected chi connectivity index (χ3v) is 6.13. The molecule has 0 atom stereocenters. The van der Waals surface area contributed by atoms with Crippen molar-refractivity contribution in [2.45, 2.75) is 13.5 Å². The van der Waals surface area contributed by atoms with E-state index >= 15 is 0 Å². The monoisotopic (exact) mass is 480 g/mol. The minimum absolute atomic E-state index is 0.274. The summed E-state index contributed by atoms with van der Waals surface area (Å²) in [5, 5.41) is 11.5. The molecule has 0 aliphatic heterocycles. The molecule has 0 saturated carbocycles. The fourth-order valence-corrected chi connectivity index (χ4v) is 4.77. The third-order valence-electron chi connectivity index (χ3n) is 4.90. The number of hydrogen-bond acceptors (Lipinski definition) is 5. The molecule has 2 N–H and O–H groups in total. The normalized spacial score (nSPS) is 10.6. The molecule has 6 nitrogen and oxygen atoms in total. The Morgan fingerprint density at radius 3 is 2.55 bits per heavy atom. The lowest BCUT2D eigenvalue weighted by Gasteiger charge is -2.10. The van der Waals surface area contributed by atoms with Crippen LogP contribution in [-0.2, 0) is 11.3 Å². The van der Waals surface area contributed by atoms with Crippen LogP contribution in [0.2, 0.25) is 0 Å². The Balaban J connectivity index is 1.50. The molecule has 2 aromatic heterocycles. The Hall–Kier alpha value is -3.56. The van der Waals surface area contributed by atoms with E-state index in [1.807, 2.05) is 37.3 Å². The Bertz CT molecular complexity index is 1280. The van der Waals surface area contributed by atoms with Gasteiger partial charge in [0.2, 0.25) is 0 Å². The highest BCUT2D eigenvalue weighted by molar-refractivity contribution is 7.80. The lowest BCUT2D eigenvalue weighted by atomic mass is 10.0. The second-order valence-corrected chi connectivity index (χ2v) is 8.83. The number of carbonyl (C=O) groups is 1. The van der Waals surface area contributed by atoms with Crippen molar-refractivity contribution in [2.75, 3.05) is 17.7 Å². The number of anilines is 2. The number of carbonyl (C=O) groups excluding carboxylic acids is 1. The van der Waals surface area contributed by atoms with Crippen molar-refractivity contribution in [3.05, 3.63) is 88.7 Å². The van der Waals surface area contributed by atoms with E-state index in [1.165, 1.54) is 30.6 Å². The van der Waals surface area contributed by atoms with Crippen LogP contribution in [0.5, 0.6) is 0 Å². The summed E-state index contributed by atoms with van der Waals surface area (Å²) in [6.07, 6.45) is 1.80. The maximum atomic E-state index is 13.1. The number of aryl methyl sites for hydroxylation is 1. The van der Waals surface area contributed by atoms with Gasteiger partial charge in [0.15, 0.2) is 10.9 Å².